The van der Waals surface area contributed by atoms with E-state index in [0.717, 1.165) is 27.9 Å². The van der Waals surface area contributed by atoms with Gasteiger partial charge in [-0.1, -0.05) is 6.07 Å². The fraction of sp³-hybridized carbons (Fsp3) is 0.111. The molecular formula is C18H16N4O2S. The number of hydrogen-bond donors (Lipinski definition) is 1. The molecule has 0 radical (unpaired) electrons. The van der Waals surface area contributed by atoms with Crippen LogP contribution in [0.3, 0.4) is 0 Å². The number of anilines is 2. The first-order valence-electron chi connectivity index (χ1n) is 7.65. The van der Waals surface area contributed by atoms with Crippen molar-refractivity contribution in [2.75, 3.05) is 19.5 Å². The van der Waals surface area contributed by atoms with Crippen LogP contribution in [-0.4, -0.2) is 28.6 Å². The molecule has 0 amide bonds. The second-order valence-electron chi connectivity index (χ2n) is 5.30. The van der Waals surface area contributed by atoms with E-state index >= 15 is 0 Å². The number of fused-ring (bicyclic) bond motifs is 1. The minimum atomic E-state index is 0.672. The minimum absolute atomic E-state index is 0.672. The van der Waals surface area contributed by atoms with Crippen molar-refractivity contribution in [1.82, 2.24) is 14.4 Å². The van der Waals surface area contributed by atoms with Crippen LogP contribution in [0.5, 0.6) is 11.5 Å². The first-order chi connectivity index (χ1) is 12.3. The van der Waals surface area contributed by atoms with Gasteiger partial charge in [0.15, 0.2) is 16.6 Å². The first kappa shape index (κ1) is 15.5. The van der Waals surface area contributed by atoms with Gasteiger partial charge >= 0.3 is 0 Å². The maximum Gasteiger partial charge on any atom is 0.187 e. The van der Waals surface area contributed by atoms with E-state index in [9.17, 15) is 0 Å². The molecule has 0 bridgehead atoms. The van der Waals surface area contributed by atoms with Crippen LogP contribution in [0.2, 0.25) is 0 Å². The molecule has 0 aliphatic rings. The largest absolute Gasteiger partial charge is 0.493 e. The van der Waals surface area contributed by atoms with Gasteiger partial charge in [0.2, 0.25) is 0 Å². The number of methoxy groups -OCH3 is 2. The van der Waals surface area contributed by atoms with Gasteiger partial charge in [-0.25, -0.2) is 9.97 Å². The topological polar surface area (TPSA) is 60.7 Å². The third kappa shape index (κ3) is 2.89. The van der Waals surface area contributed by atoms with Gasteiger partial charge in [0, 0.05) is 23.3 Å². The SMILES string of the molecule is COc1ccc(Nc2nc(-c3cnc4ccccn34)cs2)cc1OC. The van der Waals surface area contributed by atoms with Gasteiger partial charge in [0.25, 0.3) is 0 Å². The number of pyridine rings is 1. The number of benzene rings is 1. The summed E-state index contributed by atoms with van der Waals surface area (Å²) in [7, 11) is 3.24. The van der Waals surface area contributed by atoms with Crippen LogP contribution in [0, 0.1) is 0 Å². The number of hydrogen-bond acceptors (Lipinski definition) is 6. The van der Waals surface area contributed by atoms with Crippen molar-refractivity contribution in [3.8, 4) is 22.9 Å². The Balaban J connectivity index is 1.62. The molecule has 7 heteroatoms. The summed E-state index contributed by atoms with van der Waals surface area (Å²) < 4.78 is 12.6. The highest BCUT2D eigenvalue weighted by atomic mass is 32.1. The Morgan fingerprint density at radius 1 is 1.08 bits per heavy atom. The van der Waals surface area contributed by atoms with Crippen molar-refractivity contribution in [2.24, 2.45) is 0 Å². The van der Waals surface area contributed by atoms with Gasteiger partial charge in [-0.3, -0.25) is 4.40 Å². The summed E-state index contributed by atoms with van der Waals surface area (Å²) in [5, 5.41) is 6.12. The summed E-state index contributed by atoms with van der Waals surface area (Å²) in [6, 6.07) is 11.6. The third-order valence-electron chi connectivity index (χ3n) is 3.82. The molecule has 0 unspecified atom stereocenters. The smallest absolute Gasteiger partial charge is 0.187 e. The zero-order valence-corrected chi connectivity index (χ0v) is 14.6. The predicted octanol–water partition coefficient (Wildman–Crippen LogP) is 4.22. The van der Waals surface area contributed by atoms with Crippen molar-refractivity contribution in [1.29, 1.82) is 0 Å². The zero-order valence-electron chi connectivity index (χ0n) is 13.8. The highest BCUT2D eigenvalue weighted by Gasteiger charge is 2.11. The number of aromatic nitrogens is 3. The fourth-order valence-electron chi connectivity index (χ4n) is 2.61. The lowest BCUT2D eigenvalue weighted by atomic mass is 10.3. The van der Waals surface area contributed by atoms with Crippen molar-refractivity contribution in [3.05, 3.63) is 54.2 Å². The number of rotatable bonds is 5. The molecule has 1 aromatic carbocycles. The Morgan fingerprint density at radius 2 is 1.96 bits per heavy atom. The number of ether oxygens (including phenoxy) is 2. The van der Waals surface area contributed by atoms with Gasteiger partial charge in [-0.2, -0.15) is 0 Å². The molecule has 25 heavy (non-hydrogen) atoms. The molecule has 0 saturated heterocycles. The van der Waals surface area contributed by atoms with Crippen LogP contribution in [-0.2, 0) is 0 Å². The fourth-order valence-corrected chi connectivity index (χ4v) is 3.33. The van der Waals surface area contributed by atoms with E-state index < -0.39 is 0 Å². The standard InChI is InChI=1S/C18H16N4O2S/c1-23-15-7-6-12(9-16(15)24-2)20-18-21-13(11-25-18)14-10-19-17-5-3-4-8-22(14)17/h3-11H,1-2H3,(H,20,21). The summed E-state index contributed by atoms with van der Waals surface area (Å²) in [5.74, 6) is 1.37. The summed E-state index contributed by atoms with van der Waals surface area (Å²) in [4.78, 5) is 9.08. The molecule has 1 N–H and O–H groups in total. The van der Waals surface area contributed by atoms with Crippen LogP contribution in [0.4, 0.5) is 10.8 Å². The molecule has 0 spiro atoms. The van der Waals surface area contributed by atoms with Gasteiger partial charge in [-0.05, 0) is 24.3 Å². The Bertz CT molecular complexity index is 1020. The summed E-state index contributed by atoms with van der Waals surface area (Å²) in [6.45, 7) is 0. The average Bonchev–Trinajstić information content (AvgIpc) is 3.28. The van der Waals surface area contributed by atoms with E-state index in [1.165, 1.54) is 11.3 Å². The molecular weight excluding hydrogens is 336 g/mol. The number of imidazole rings is 1. The van der Waals surface area contributed by atoms with Gasteiger partial charge in [0.05, 0.1) is 26.1 Å². The molecule has 3 aromatic heterocycles. The lowest BCUT2D eigenvalue weighted by molar-refractivity contribution is 0.355. The zero-order chi connectivity index (χ0) is 17.2. The molecule has 4 aromatic rings. The van der Waals surface area contributed by atoms with Crippen LogP contribution in [0.1, 0.15) is 0 Å². The van der Waals surface area contributed by atoms with Gasteiger partial charge < -0.3 is 14.8 Å². The lowest BCUT2D eigenvalue weighted by Gasteiger charge is -2.09. The first-order valence-corrected chi connectivity index (χ1v) is 8.53. The monoisotopic (exact) mass is 352 g/mol. The molecule has 0 saturated carbocycles. The van der Waals surface area contributed by atoms with Crippen LogP contribution in [0.15, 0.2) is 54.2 Å². The third-order valence-corrected chi connectivity index (χ3v) is 4.58. The molecule has 0 atom stereocenters. The minimum Gasteiger partial charge on any atom is -0.493 e. The van der Waals surface area contributed by atoms with E-state index in [4.69, 9.17) is 9.47 Å². The van der Waals surface area contributed by atoms with Crippen molar-refractivity contribution in [2.45, 2.75) is 0 Å². The normalized spacial score (nSPS) is 10.8. The maximum atomic E-state index is 5.33. The van der Waals surface area contributed by atoms with E-state index in [0.29, 0.717) is 11.5 Å². The van der Waals surface area contributed by atoms with Crippen molar-refractivity contribution >= 4 is 27.8 Å². The van der Waals surface area contributed by atoms with Crippen LogP contribution < -0.4 is 14.8 Å². The predicted molar refractivity (Wildman–Crippen MR) is 99.1 cm³/mol. The summed E-state index contributed by atoms with van der Waals surface area (Å²) in [5.41, 5.74) is 3.63. The van der Waals surface area contributed by atoms with Gasteiger partial charge in [0.1, 0.15) is 11.3 Å². The van der Waals surface area contributed by atoms with E-state index in [2.05, 4.69) is 15.3 Å². The Hall–Kier alpha value is -3.06. The molecule has 3 heterocycles. The Morgan fingerprint density at radius 3 is 2.80 bits per heavy atom. The molecule has 126 valence electrons. The van der Waals surface area contributed by atoms with Gasteiger partial charge in [-0.15, -0.1) is 11.3 Å². The number of thiazole rings is 1. The number of nitrogens with zero attached hydrogens (tertiary/aromatic N) is 3. The molecule has 6 nitrogen and oxygen atoms in total. The average molecular weight is 352 g/mol. The molecule has 0 aliphatic heterocycles. The Kier molecular flexibility index (Phi) is 3.99. The van der Waals surface area contributed by atoms with E-state index in [1.54, 1.807) is 14.2 Å². The Labute approximate surface area is 148 Å². The van der Waals surface area contributed by atoms with E-state index in [1.807, 2.05) is 58.6 Å². The van der Waals surface area contributed by atoms with E-state index in [-0.39, 0.29) is 0 Å². The summed E-state index contributed by atoms with van der Waals surface area (Å²) in [6.07, 6.45) is 3.82. The van der Waals surface area contributed by atoms with Crippen LogP contribution >= 0.6 is 11.3 Å². The maximum absolute atomic E-state index is 5.33. The number of nitrogens with one attached hydrogen (secondary N) is 1. The van der Waals surface area contributed by atoms with Crippen LogP contribution in [0.25, 0.3) is 17.0 Å². The second-order valence-corrected chi connectivity index (χ2v) is 6.16. The van der Waals surface area contributed by atoms with Crippen molar-refractivity contribution < 1.29 is 9.47 Å². The quantitative estimate of drug-likeness (QED) is 0.583. The molecule has 0 aliphatic carbocycles. The molecule has 0 fully saturated rings. The van der Waals surface area contributed by atoms with Crippen molar-refractivity contribution in [3.63, 3.8) is 0 Å². The highest BCUT2D eigenvalue weighted by molar-refractivity contribution is 7.14. The second kappa shape index (κ2) is 6.45. The highest BCUT2D eigenvalue weighted by Crippen LogP contribution is 2.33. The lowest BCUT2D eigenvalue weighted by Crippen LogP contribution is -1.94. The molecule has 4 rings (SSSR count). The summed E-state index contributed by atoms with van der Waals surface area (Å²) >= 11 is 1.54.